The van der Waals surface area contributed by atoms with E-state index in [0.29, 0.717) is 5.02 Å². The highest BCUT2D eigenvalue weighted by Crippen LogP contribution is 2.21. The topological polar surface area (TPSA) is 64.6 Å². The number of hydrogen-bond acceptors (Lipinski definition) is 4. The fourth-order valence-corrected chi connectivity index (χ4v) is 2.86. The van der Waals surface area contributed by atoms with Gasteiger partial charge in [0.1, 0.15) is 17.2 Å². The molecule has 0 saturated heterocycles. The second-order valence-corrected chi connectivity index (χ2v) is 9.32. The summed E-state index contributed by atoms with van der Waals surface area (Å²) < 4.78 is 11.6. The maximum atomic E-state index is 12.5. The molecule has 1 N–H and O–H groups in total. The third-order valence-electron chi connectivity index (χ3n) is 2.82. The molecule has 0 radical (unpaired) electrons. The molecule has 0 bridgehead atoms. The maximum Gasteiger partial charge on any atom is 0.408 e. The van der Waals surface area contributed by atoms with Crippen molar-refractivity contribution in [1.82, 2.24) is 5.32 Å². The van der Waals surface area contributed by atoms with Gasteiger partial charge in [-0.2, -0.15) is 0 Å². The molecule has 5 nitrogen and oxygen atoms in total. The first-order valence-electron chi connectivity index (χ1n) is 7.93. The van der Waals surface area contributed by atoms with Crippen LogP contribution in [0.15, 0.2) is 18.2 Å². The Labute approximate surface area is 167 Å². The minimum atomic E-state index is -0.897. The lowest BCUT2D eigenvalue weighted by Gasteiger charge is -2.26. The molecule has 0 saturated carbocycles. The first-order valence-corrected chi connectivity index (χ1v) is 9.39. The number of carbonyl (C=O) groups excluding carboxylic acids is 2. The van der Waals surface area contributed by atoms with Crippen LogP contribution >= 0.6 is 34.2 Å². The monoisotopic (exact) mass is 481 g/mol. The summed E-state index contributed by atoms with van der Waals surface area (Å²) in [6.07, 6.45) is -0.464. The molecule has 140 valence electrons. The molecule has 1 aromatic rings. The van der Waals surface area contributed by atoms with Crippen molar-refractivity contribution >= 4 is 46.3 Å². The third-order valence-corrected chi connectivity index (χ3v) is 3.84. The predicted octanol–water partition coefficient (Wildman–Crippen LogP) is 4.72. The first kappa shape index (κ1) is 22.0. The van der Waals surface area contributed by atoms with E-state index in [4.69, 9.17) is 21.1 Å². The number of nitrogens with one attached hydrogen (secondary N) is 1. The van der Waals surface area contributed by atoms with E-state index in [2.05, 4.69) is 27.9 Å². The summed E-state index contributed by atoms with van der Waals surface area (Å²) in [5.41, 5.74) is -0.585. The van der Waals surface area contributed by atoms with Crippen molar-refractivity contribution in [2.45, 2.75) is 65.2 Å². The lowest BCUT2D eigenvalue weighted by Crippen LogP contribution is -2.47. The molecule has 0 aliphatic carbocycles. The number of halogens is 2. The molecule has 0 fully saturated rings. The van der Waals surface area contributed by atoms with Gasteiger partial charge in [-0.1, -0.05) is 17.7 Å². The molecule has 0 aliphatic heterocycles. The largest absolute Gasteiger partial charge is 0.458 e. The summed E-state index contributed by atoms with van der Waals surface area (Å²) in [4.78, 5) is 24.6. The molecule has 0 heterocycles. The summed E-state index contributed by atoms with van der Waals surface area (Å²) in [7, 11) is 0. The Balaban J connectivity index is 2.98. The normalized spacial score (nSPS) is 13.1. The van der Waals surface area contributed by atoms with Gasteiger partial charge in [0, 0.05) is 15.0 Å². The molecule has 1 amide bonds. The zero-order valence-electron chi connectivity index (χ0n) is 15.4. The Hall–Kier alpha value is -1.02. The number of amides is 1. The highest BCUT2D eigenvalue weighted by molar-refractivity contribution is 14.1. The van der Waals surface area contributed by atoms with Crippen molar-refractivity contribution in [2.75, 3.05) is 0 Å². The smallest absolute Gasteiger partial charge is 0.408 e. The Morgan fingerprint density at radius 2 is 1.68 bits per heavy atom. The van der Waals surface area contributed by atoms with Crippen molar-refractivity contribution in [3.8, 4) is 0 Å². The van der Waals surface area contributed by atoms with Crippen LogP contribution in [-0.4, -0.2) is 29.3 Å². The van der Waals surface area contributed by atoms with Gasteiger partial charge in [0.05, 0.1) is 0 Å². The van der Waals surface area contributed by atoms with E-state index in [1.165, 1.54) is 0 Å². The number of hydrogen-bond donors (Lipinski definition) is 1. The van der Waals surface area contributed by atoms with Gasteiger partial charge >= 0.3 is 12.1 Å². The van der Waals surface area contributed by atoms with Crippen molar-refractivity contribution < 1.29 is 19.1 Å². The SMILES string of the molecule is CC(C)(C)OC(=O)N[C@@H](Cc1ccc(I)cc1Cl)C(=O)OC(C)(C)C. The van der Waals surface area contributed by atoms with E-state index >= 15 is 0 Å². The molecule has 25 heavy (non-hydrogen) atoms. The number of benzene rings is 1. The van der Waals surface area contributed by atoms with E-state index in [-0.39, 0.29) is 6.42 Å². The van der Waals surface area contributed by atoms with E-state index in [1.807, 2.05) is 12.1 Å². The quantitative estimate of drug-likeness (QED) is 0.499. The van der Waals surface area contributed by atoms with Gasteiger partial charge in [-0.25, -0.2) is 9.59 Å². The Morgan fingerprint density at radius 3 is 2.16 bits per heavy atom. The number of esters is 1. The van der Waals surface area contributed by atoms with Gasteiger partial charge in [-0.3, -0.25) is 0 Å². The molecule has 0 aromatic heterocycles. The summed E-state index contributed by atoms with van der Waals surface area (Å²) in [6, 6.07) is 4.63. The Kier molecular flexibility index (Phi) is 7.55. The van der Waals surface area contributed by atoms with Crippen LogP contribution in [0.25, 0.3) is 0 Å². The molecule has 1 atom stereocenters. The predicted molar refractivity (Wildman–Crippen MR) is 107 cm³/mol. The van der Waals surface area contributed by atoms with Crippen molar-refractivity contribution in [3.63, 3.8) is 0 Å². The van der Waals surface area contributed by atoms with Gasteiger partial charge in [-0.15, -0.1) is 0 Å². The van der Waals surface area contributed by atoms with E-state index < -0.39 is 29.3 Å². The Bertz CT molecular complexity index is 635. The van der Waals surface area contributed by atoms with Gasteiger partial charge in [0.25, 0.3) is 0 Å². The van der Waals surface area contributed by atoms with Crippen molar-refractivity contribution in [2.24, 2.45) is 0 Å². The average Bonchev–Trinajstić information content (AvgIpc) is 2.36. The second kappa shape index (κ2) is 8.58. The third kappa shape index (κ3) is 8.76. The molecule has 1 aromatic carbocycles. The highest BCUT2D eigenvalue weighted by Gasteiger charge is 2.29. The zero-order valence-corrected chi connectivity index (χ0v) is 18.3. The maximum absolute atomic E-state index is 12.5. The van der Waals surface area contributed by atoms with Gasteiger partial charge < -0.3 is 14.8 Å². The van der Waals surface area contributed by atoms with Crippen LogP contribution in [0.5, 0.6) is 0 Å². The van der Waals surface area contributed by atoms with E-state index in [1.54, 1.807) is 47.6 Å². The number of ether oxygens (including phenoxy) is 2. The fraction of sp³-hybridized carbons (Fsp3) is 0.556. The first-order chi connectivity index (χ1) is 11.3. The molecule has 7 heteroatoms. The fourth-order valence-electron chi connectivity index (χ4n) is 1.92. The molecular formula is C18H25ClINO4. The lowest BCUT2D eigenvalue weighted by atomic mass is 10.1. The molecule has 0 unspecified atom stereocenters. The van der Waals surface area contributed by atoms with E-state index in [0.717, 1.165) is 9.13 Å². The summed E-state index contributed by atoms with van der Waals surface area (Å²) >= 11 is 8.41. The van der Waals surface area contributed by atoms with Crippen molar-refractivity contribution in [3.05, 3.63) is 32.4 Å². The summed E-state index contributed by atoms with van der Waals surface area (Å²) in [5, 5.41) is 3.12. The Morgan fingerprint density at radius 1 is 1.12 bits per heavy atom. The highest BCUT2D eigenvalue weighted by atomic mass is 127. The number of rotatable bonds is 4. The molecule has 0 aliphatic rings. The minimum Gasteiger partial charge on any atom is -0.458 e. The van der Waals surface area contributed by atoms with Crippen molar-refractivity contribution in [1.29, 1.82) is 0 Å². The van der Waals surface area contributed by atoms with Crippen LogP contribution in [0.3, 0.4) is 0 Å². The molecule has 1 rings (SSSR count). The standard InChI is InChI=1S/C18H25ClINO4/c1-17(2,3)24-15(22)14(21-16(23)25-18(4,5)6)9-11-7-8-12(20)10-13(11)19/h7-8,10,14H,9H2,1-6H3,(H,21,23)/t14-/m0/s1. The summed E-state index contributed by atoms with van der Waals surface area (Å²) in [5.74, 6) is -0.534. The number of carbonyl (C=O) groups is 2. The second-order valence-electron chi connectivity index (χ2n) is 7.67. The van der Waals surface area contributed by atoms with Crippen LogP contribution in [0.2, 0.25) is 5.02 Å². The van der Waals surface area contributed by atoms with Crippen LogP contribution < -0.4 is 5.32 Å². The van der Waals surface area contributed by atoms with Gasteiger partial charge in [-0.05, 0) is 81.8 Å². The van der Waals surface area contributed by atoms with Crippen LogP contribution in [0.4, 0.5) is 4.79 Å². The zero-order chi connectivity index (χ0) is 19.4. The minimum absolute atomic E-state index is 0.212. The molecule has 0 spiro atoms. The van der Waals surface area contributed by atoms with Gasteiger partial charge in [0.15, 0.2) is 0 Å². The van der Waals surface area contributed by atoms with Crippen LogP contribution in [0.1, 0.15) is 47.1 Å². The summed E-state index contributed by atoms with van der Waals surface area (Å²) in [6.45, 7) is 10.6. The van der Waals surface area contributed by atoms with Crippen LogP contribution in [-0.2, 0) is 20.7 Å². The molecular weight excluding hydrogens is 457 g/mol. The average molecular weight is 482 g/mol. The van der Waals surface area contributed by atoms with E-state index in [9.17, 15) is 9.59 Å². The van der Waals surface area contributed by atoms with Crippen LogP contribution in [0, 0.1) is 3.57 Å². The number of alkyl carbamates (subject to hydrolysis) is 1. The lowest BCUT2D eigenvalue weighted by molar-refractivity contribution is -0.157. The van der Waals surface area contributed by atoms with Gasteiger partial charge in [0.2, 0.25) is 0 Å².